The van der Waals surface area contributed by atoms with Crippen molar-refractivity contribution in [2.45, 2.75) is 31.7 Å². The second-order valence-electron chi connectivity index (χ2n) is 4.67. The minimum absolute atomic E-state index is 0.0409. The number of hydrogen-bond acceptors (Lipinski definition) is 3. The fourth-order valence-electron chi connectivity index (χ4n) is 2.10. The van der Waals surface area contributed by atoms with Crippen LogP contribution in [-0.4, -0.2) is 31.7 Å². The monoisotopic (exact) mass is 212 g/mol. The van der Waals surface area contributed by atoms with Crippen molar-refractivity contribution in [1.82, 2.24) is 5.32 Å². The van der Waals surface area contributed by atoms with Crippen molar-refractivity contribution in [3.63, 3.8) is 0 Å². The van der Waals surface area contributed by atoms with Gasteiger partial charge < -0.3 is 15.8 Å². The molecule has 0 atom stereocenters. The Balaban J connectivity index is 1.53. The number of ether oxygens (including phenoxy) is 1. The molecule has 4 heteroatoms. The molecule has 0 bridgehead atoms. The molecule has 0 spiro atoms. The van der Waals surface area contributed by atoms with E-state index in [-0.39, 0.29) is 6.61 Å². The first-order chi connectivity index (χ1) is 7.27. The zero-order valence-corrected chi connectivity index (χ0v) is 9.08. The SMILES string of the molecule is NC(=O)COCCNC(C1CC1)C1CC1. The van der Waals surface area contributed by atoms with Gasteiger partial charge in [-0.3, -0.25) is 4.79 Å². The van der Waals surface area contributed by atoms with E-state index in [1.807, 2.05) is 0 Å². The number of carbonyl (C=O) groups excluding carboxylic acids is 1. The van der Waals surface area contributed by atoms with E-state index in [0.29, 0.717) is 12.6 Å². The van der Waals surface area contributed by atoms with Gasteiger partial charge in [0.05, 0.1) is 6.61 Å². The third kappa shape index (κ3) is 3.80. The largest absolute Gasteiger partial charge is 0.370 e. The first kappa shape index (κ1) is 10.9. The normalized spacial score (nSPS) is 20.9. The molecule has 0 aliphatic heterocycles. The topological polar surface area (TPSA) is 64.4 Å². The standard InChI is InChI=1S/C11H20N2O2/c12-10(14)7-15-6-5-13-11(8-1-2-8)9-3-4-9/h8-9,11,13H,1-7H2,(H2,12,14). The lowest BCUT2D eigenvalue weighted by atomic mass is 10.1. The van der Waals surface area contributed by atoms with E-state index in [9.17, 15) is 4.79 Å². The van der Waals surface area contributed by atoms with Gasteiger partial charge in [-0.2, -0.15) is 0 Å². The third-order valence-corrected chi connectivity index (χ3v) is 3.13. The minimum atomic E-state index is -0.393. The Hall–Kier alpha value is -0.610. The van der Waals surface area contributed by atoms with E-state index >= 15 is 0 Å². The molecule has 0 aromatic heterocycles. The zero-order valence-electron chi connectivity index (χ0n) is 9.08. The summed E-state index contributed by atoms with van der Waals surface area (Å²) in [6, 6.07) is 0.710. The van der Waals surface area contributed by atoms with Crippen LogP contribution in [0.4, 0.5) is 0 Å². The summed E-state index contributed by atoms with van der Waals surface area (Å²) in [4.78, 5) is 10.4. The fraction of sp³-hybridized carbons (Fsp3) is 0.909. The van der Waals surface area contributed by atoms with Crippen molar-refractivity contribution < 1.29 is 9.53 Å². The van der Waals surface area contributed by atoms with Crippen molar-refractivity contribution >= 4 is 5.91 Å². The first-order valence-electron chi connectivity index (χ1n) is 5.87. The Bertz CT molecular complexity index is 213. The molecule has 1 amide bonds. The lowest BCUT2D eigenvalue weighted by Gasteiger charge is -2.17. The molecular weight excluding hydrogens is 192 g/mol. The second-order valence-corrected chi connectivity index (χ2v) is 4.67. The number of rotatable bonds is 8. The van der Waals surface area contributed by atoms with Gasteiger partial charge in [0.2, 0.25) is 5.91 Å². The Morgan fingerprint density at radius 2 is 1.93 bits per heavy atom. The van der Waals surface area contributed by atoms with Crippen LogP contribution >= 0.6 is 0 Å². The molecule has 2 saturated carbocycles. The molecule has 2 rings (SSSR count). The van der Waals surface area contributed by atoms with Crippen LogP contribution in [0.2, 0.25) is 0 Å². The molecule has 0 radical (unpaired) electrons. The van der Waals surface area contributed by atoms with Gasteiger partial charge in [-0.05, 0) is 37.5 Å². The van der Waals surface area contributed by atoms with Crippen LogP contribution in [0.3, 0.4) is 0 Å². The van der Waals surface area contributed by atoms with Crippen LogP contribution < -0.4 is 11.1 Å². The predicted molar refractivity (Wildman–Crippen MR) is 57.3 cm³/mol. The summed E-state index contributed by atoms with van der Waals surface area (Å²) in [5.41, 5.74) is 4.97. The molecule has 15 heavy (non-hydrogen) atoms. The van der Waals surface area contributed by atoms with E-state index in [4.69, 9.17) is 10.5 Å². The Kier molecular flexibility index (Phi) is 3.59. The van der Waals surface area contributed by atoms with E-state index in [0.717, 1.165) is 18.4 Å². The lowest BCUT2D eigenvalue weighted by molar-refractivity contribution is -0.122. The van der Waals surface area contributed by atoms with Gasteiger partial charge >= 0.3 is 0 Å². The number of primary amides is 1. The maximum atomic E-state index is 10.4. The van der Waals surface area contributed by atoms with Crippen LogP contribution in [0.25, 0.3) is 0 Å². The Labute approximate surface area is 90.5 Å². The Morgan fingerprint density at radius 3 is 2.40 bits per heavy atom. The molecule has 0 aromatic rings. The molecule has 0 unspecified atom stereocenters. The first-order valence-corrected chi connectivity index (χ1v) is 5.87. The number of nitrogens with one attached hydrogen (secondary N) is 1. The number of carbonyl (C=O) groups is 1. The number of amides is 1. The highest BCUT2D eigenvalue weighted by atomic mass is 16.5. The molecule has 2 aliphatic rings. The van der Waals surface area contributed by atoms with Gasteiger partial charge in [-0.1, -0.05) is 0 Å². The van der Waals surface area contributed by atoms with E-state index in [1.165, 1.54) is 25.7 Å². The zero-order chi connectivity index (χ0) is 10.7. The van der Waals surface area contributed by atoms with Crippen molar-refractivity contribution in [3.05, 3.63) is 0 Å². The second kappa shape index (κ2) is 4.94. The summed E-state index contributed by atoms with van der Waals surface area (Å²) in [5.74, 6) is 1.43. The summed E-state index contributed by atoms with van der Waals surface area (Å²) in [7, 11) is 0. The van der Waals surface area contributed by atoms with Crippen molar-refractivity contribution in [2.24, 2.45) is 17.6 Å². The molecule has 0 heterocycles. The highest BCUT2D eigenvalue weighted by molar-refractivity contribution is 5.74. The molecule has 4 nitrogen and oxygen atoms in total. The van der Waals surface area contributed by atoms with Gasteiger partial charge in [0, 0.05) is 12.6 Å². The molecule has 2 aliphatic carbocycles. The van der Waals surface area contributed by atoms with Gasteiger partial charge in [0.1, 0.15) is 6.61 Å². The van der Waals surface area contributed by atoms with E-state index < -0.39 is 5.91 Å². The van der Waals surface area contributed by atoms with Gasteiger partial charge in [-0.15, -0.1) is 0 Å². The van der Waals surface area contributed by atoms with Crippen LogP contribution in [-0.2, 0) is 9.53 Å². The average molecular weight is 212 g/mol. The van der Waals surface area contributed by atoms with Crippen molar-refractivity contribution in [1.29, 1.82) is 0 Å². The minimum Gasteiger partial charge on any atom is -0.370 e. The number of hydrogen-bond donors (Lipinski definition) is 2. The van der Waals surface area contributed by atoms with Crippen molar-refractivity contribution in [3.8, 4) is 0 Å². The summed E-state index contributed by atoms with van der Waals surface area (Å²) < 4.78 is 5.11. The molecule has 2 fully saturated rings. The van der Waals surface area contributed by atoms with E-state index in [2.05, 4.69) is 5.32 Å². The van der Waals surface area contributed by atoms with Crippen LogP contribution in [0.15, 0.2) is 0 Å². The maximum Gasteiger partial charge on any atom is 0.243 e. The highest BCUT2D eigenvalue weighted by Crippen LogP contribution is 2.44. The lowest BCUT2D eigenvalue weighted by Crippen LogP contribution is -2.36. The van der Waals surface area contributed by atoms with Crippen LogP contribution in [0, 0.1) is 11.8 Å². The van der Waals surface area contributed by atoms with Crippen LogP contribution in [0.5, 0.6) is 0 Å². The van der Waals surface area contributed by atoms with E-state index in [1.54, 1.807) is 0 Å². The van der Waals surface area contributed by atoms with Gasteiger partial charge in [-0.25, -0.2) is 0 Å². The summed E-state index contributed by atoms with van der Waals surface area (Å²) in [6.45, 7) is 1.46. The fourth-order valence-corrected chi connectivity index (χ4v) is 2.10. The predicted octanol–water partition coefficient (Wildman–Crippen LogP) is 0.266. The molecule has 0 saturated heterocycles. The molecule has 86 valence electrons. The molecule has 3 N–H and O–H groups in total. The molecule has 0 aromatic carbocycles. The Morgan fingerprint density at radius 1 is 1.33 bits per heavy atom. The van der Waals surface area contributed by atoms with Crippen LogP contribution in [0.1, 0.15) is 25.7 Å². The summed E-state index contributed by atoms with van der Waals surface area (Å²) in [6.07, 6.45) is 5.54. The maximum absolute atomic E-state index is 10.4. The van der Waals surface area contributed by atoms with Crippen molar-refractivity contribution in [2.75, 3.05) is 19.8 Å². The quantitative estimate of drug-likeness (QED) is 0.567. The van der Waals surface area contributed by atoms with Gasteiger partial charge in [0.15, 0.2) is 0 Å². The smallest absolute Gasteiger partial charge is 0.243 e. The summed E-state index contributed by atoms with van der Waals surface area (Å²) >= 11 is 0. The summed E-state index contributed by atoms with van der Waals surface area (Å²) in [5, 5.41) is 3.54. The highest BCUT2D eigenvalue weighted by Gasteiger charge is 2.40. The molecular formula is C11H20N2O2. The average Bonchev–Trinajstić information content (AvgIpc) is 3.00. The van der Waals surface area contributed by atoms with Gasteiger partial charge in [0.25, 0.3) is 0 Å². The number of nitrogens with two attached hydrogens (primary N) is 1. The third-order valence-electron chi connectivity index (χ3n) is 3.13.